The van der Waals surface area contributed by atoms with E-state index < -0.39 is 0 Å². The van der Waals surface area contributed by atoms with Crippen LogP contribution in [0.1, 0.15) is 21.5 Å². The van der Waals surface area contributed by atoms with Gasteiger partial charge in [0.05, 0.1) is 19.8 Å². The third kappa shape index (κ3) is 2.67. The van der Waals surface area contributed by atoms with Gasteiger partial charge in [0.2, 0.25) is 0 Å². The molecule has 0 aliphatic carbocycles. The van der Waals surface area contributed by atoms with E-state index in [9.17, 15) is 4.79 Å². The molecule has 0 bridgehead atoms. The maximum atomic E-state index is 12.5. The Hall–Kier alpha value is -1.88. The molecule has 0 aliphatic heterocycles. The van der Waals surface area contributed by atoms with Crippen molar-refractivity contribution in [1.82, 2.24) is 4.98 Å². The summed E-state index contributed by atoms with van der Waals surface area (Å²) in [4.78, 5) is 16.6. The van der Waals surface area contributed by atoms with Gasteiger partial charge in [0, 0.05) is 18.0 Å². The number of carbonyl (C=O) groups is 1. The van der Waals surface area contributed by atoms with Gasteiger partial charge in [-0.05, 0) is 46.6 Å². The summed E-state index contributed by atoms with van der Waals surface area (Å²) < 4.78 is 11.1. The number of rotatable bonds is 4. The molecule has 1 heterocycles. The van der Waals surface area contributed by atoms with Gasteiger partial charge in [-0.1, -0.05) is 0 Å². The Labute approximate surface area is 125 Å². The Morgan fingerprint density at radius 2 is 1.95 bits per heavy atom. The molecular weight excluding hydrogens is 322 g/mol. The van der Waals surface area contributed by atoms with E-state index in [-0.39, 0.29) is 5.78 Å². The number of carbonyl (C=O) groups excluding carboxylic acids is 1. The summed E-state index contributed by atoms with van der Waals surface area (Å²) >= 11 is 3.39. The molecular formula is C15H14BrNO3. The molecule has 0 saturated heterocycles. The minimum atomic E-state index is -0.138. The van der Waals surface area contributed by atoms with Crippen molar-refractivity contribution in [2.75, 3.05) is 14.2 Å². The molecule has 1 aromatic heterocycles. The molecule has 0 spiro atoms. The van der Waals surface area contributed by atoms with Crippen molar-refractivity contribution in [3.8, 4) is 11.5 Å². The number of hydrogen-bond acceptors (Lipinski definition) is 4. The first kappa shape index (κ1) is 14.5. The van der Waals surface area contributed by atoms with Crippen molar-refractivity contribution in [1.29, 1.82) is 0 Å². The average Bonchev–Trinajstić information content (AvgIpc) is 2.46. The molecule has 0 radical (unpaired) electrons. The predicted molar refractivity (Wildman–Crippen MR) is 79.7 cm³/mol. The summed E-state index contributed by atoms with van der Waals surface area (Å²) in [5.41, 5.74) is 1.93. The van der Waals surface area contributed by atoms with Gasteiger partial charge in [-0.2, -0.15) is 0 Å². The number of ketones is 1. The number of ether oxygens (including phenoxy) is 2. The molecule has 1 aromatic carbocycles. The molecule has 0 aliphatic rings. The highest BCUT2D eigenvalue weighted by molar-refractivity contribution is 9.10. The van der Waals surface area contributed by atoms with Crippen molar-refractivity contribution >= 4 is 21.7 Å². The molecule has 104 valence electrons. The molecule has 0 amide bonds. The van der Waals surface area contributed by atoms with Crippen molar-refractivity contribution in [3.05, 3.63) is 51.8 Å². The molecule has 0 fully saturated rings. The highest BCUT2D eigenvalue weighted by Crippen LogP contribution is 2.37. The minimum Gasteiger partial charge on any atom is -0.495 e. The van der Waals surface area contributed by atoms with Crippen molar-refractivity contribution < 1.29 is 14.3 Å². The molecule has 0 atom stereocenters. The maximum Gasteiger partial charge on any atom is 0.198 e. The van der Waals surface area contributed by atoms with E-state index in [1.165, 1.54) is 7.11 Å². The SMILES string of the molecule is COc1ccc(C(=O)c2cncc(C)c2)c(OC)c1Br. The Balaban J connectivity index is 2.52. The Morgan fingerprint density at radius 1 is 1.20 bits per heavy atom. The number of methoxy groups -OCH3 is 2. The summed E-state index contributed by atoms with van der Waals surface area (Å²) in [6.07, 6.45) is 3.25. The number of nitrogens with zero attached hydrogens (tertiary/aromatic N) is 1. The van der Waals surface area contributed by atoms with Gasteiger partial charge in [0.25, 0.3) is 0 Å². The van der Waals surface area contributed by atoms with E-state index in [1.807, 2.05) is 6.92 Å². The van der Waals surface area contributed by atoms with E-state index >= 15 is 0 Å². The van der Waals surface area contributed by atoms with Crippen LogP contribution in [0.15, 0.2) is 35.1 Å². The normalized spacial score (nSPS) is 10.2. The standard InChI is InChI=1S/C15H14BrNO3/c1-9-6-10(8-17-7-9)14(18)11-4-5-12(19-2)13(16)15(11)20-3/h4-8H,1-3H3. The number of pyridine rings is 1. The Bertz CT molecular complexity index is 656. The fourth-order valence-corrected chi connectivity index (χ4v) is 2.58. The lowest BCUT2D eigenvalue weighted by atomic mass is 10.0. The van der Waals surface area contributed by atoms with Gasteiger partial charge in [0.1, 0.15) is 16.0 Å². The first-order valence-corrected chi connectivity index (χ1v) is 6.74. The molecule has 0 unspecified atom stereocenters. The second kappa shape index (κ2) is 6.05. The van der Waals surface area contributed by atoms with Crippen LogP contribution in [-0.2, 0) is 0 Å². The monoisotopic (exact) mass is 335 g/mol. The van der Waals surface area contributed by atoms with Crippen LogP contribution < -0.4 is 9.47 Å². The maximum absolute atomic E-state index is 12.5. The van der Waals surface area contributed by atoms with Crippen molar-refractivity contribution in [2.45, 2.75) is 6.92 Å². The summed E-state index contributed by atoms with van der Waals surface area (Å²) in [5, 5.41) is 0. The lowest BCUT2D eigenvalue weighted by Gasteiger charge is -2.12. The highest BCUT2D eigenvalue weighted by Gasteiger charge is 2.19. The average molecular weight is 336 g/mol. The minimum absolute atomic E-state index is 0.138. The van der Waals surface area contributed by atoms with E-state index in [2.05, 4.69) is 20.9 Å². The number of halogens is 1. The third-order valence-corrected chi connectivity index (χ3v) is 3.62. The Kier molecular flexibility index (Phi) is 4.39. The molecule has 0 N–H and O–H groups in total. The zero-order valence-electron chi connectivity index (χ0n) is 11.4. The molecule has 4 nitrogen and oxygen atoms in total. The van der Waals surface area contributed by atoms with Crippen LogP contribution in [0.5, 0.6) is 11.5 Å². The second-order valence-corrected chi connectivity index (χ2v) is 5.04. The van der Waals surface area contributed by atoms with Crippen LogP contribution in [0.2, 0.25) is 0 Å². The van der Waals surface area contributed by atoms with Crippen molar-refractivity contribution in [2.24, 2.45) is 0 Å². The van der Waals surface area contributed by atoms with Crippen LogP contribution in [0.25, 0.3) is 0 Å². The van der Waals surface area contributed by atoms with Gasteiger partial charge in [-0.25, -0.2) is 0 Å². The number of aryl methyl sites for hydroxylation is 1. The van der Waals surface area contributed by atoms with Crippen LogP contribution >= 0.6 is 15.9 Å². The smallest absolute Gasteiger partial charge is 0.198 e. The lowest BCUT2D eigenvalue weighted by molar-refractivity contribution is 0.103. The zero-order valence-corrected chi connectivity index (χ0v) is 13.0. The summed E-state index contributed by atoms with van der Waals surface area (Å²) in [7, 11) is 3.08. The number of benzene rings is 1. The number of aromatic nitrogens is 1. The molecule has 5 heteroatoms. The lowest BCUT2D eigenvalue weighted by Crippen LogP contribution is -2.06. The summed E-state index contributed by atoms with van der Waals surface area (Å²) in [5.74, 6) is 0.929. The van der Waals surface area contributed by atoms with Crippen LogP contribution in [0.3, 0.4) is 0 Å². The van der Waals surface area contributed by atoms with Crippen LogP contribution in [0, 0.1) is 6.92 Å². The highest BCUT2D eigenvalue weighted by atomic mass is 79.9. The fraction of sp³-hybridized carbons (Fsp3) is 0.200. The zero-order chi connectivity index (χ0) is 14.7. The summed E-state index contributed by atoms with van der Waals surface area (Å²) in [6, 6.07) is 5.21. The predicted octanol–water partition coefficient (Wildman–Crippen LogP) is 3.40. The first-order valence-electron chi connectivity index (χ1n) is 5.95. The third-order valence-electron chi connectivity index (χ3n) is 2.87. The van der Waals surface area contributed by atoms with Gasteiger partial charge in [-0.15, -0.1) is 0 Å². The second-order valence-electron chi connectivity index (χ2n) is 4.24. The van der Waals surface area contributed by atoms with Gasteiger partial charge >= 0.3 is 0 Å². The van der Waals surface area contributed by atoms with Crippen LogP contribution in [-0.4, -0.2) is 25.0 Å². The van der Waals surface area contributed by atoms with Gasteiger partial charge in [-0.3, -0.25) is 9.78 Å². The van der Waals surface area contributed by atoms with Crippen molar-refractivity contribution in [3.63, 3.8) is 0 Å². The molecule has 20 heavy (non-hydrogen) atoms. The van der Waals surface area contributed by atoms with E-state index in [4.69, 9.17) is 9.47 Å². The van der Waals surface area contributed by atoms with E-state index in [1.54, 1.807) is 37.7 Å². The quantitative estimate of drug-likeness (QED) is 0.803. The molecule has 2 aromatic rings. The summed E-state index contributed by atoms with van der Waals surface area (Å²) in [6.45, 7) is 1.89. The topological polar surface area (TPSA) is 48.4 Å². The largest absolute Gasteiger partial charge is 0.495 e. The van der Waals surface area contributed by atoms with Gasteiger partial charge in [0.15, 0.2) is 5.78 Å². The fourth-order valence-electron chi connectivity index (χ4n) is 1.91. The van der Waals surface area contributed by atoms with Gasteiger partial charge < -0.3 is 9.47 Å². The molecule has 0 saturated carbocycles. The first-order chi connectivity index (χ1) is 9.58. The molecule has 2 rings (SSSR count). The Morgan fingerprint density at radius 3 is 2.55 bits per heavy atom. The number of hydrogen-bond donors (Lipinski definition) is 0. The van der Waals surface area contributed by atoms with E-state index in [0.29, 0.717) is 27.1 Å². The van der Waals surface area contributed by atoms with E-state index in [0.717, 1.165) is 5.56 Å². The van der Waals surface area contributed by atoms with Crippen LogP contribution in [0.4, 0.5) is 0 Å².